The molecule has 0 radical (unpaired) electrons. The number of nitrogens with one attached hydrogen (secondary N) is 2. The van der Waals surface area contributed by atoms with E-state index in [1.165, 1.54) is 19.3 Å². The van der Waals surface area contributed by atoms with Crippen LogP contribution in [-0.2, 0) is 16.0 Å². The SMILES string of the molecule is NCC1(CC(=O)Nc2ccc3c(c2)CCC(=O)N3)CCCCC1. The van der Waals surface area contributed by atoms with E-state index in [1.807, 2.05) is 18.2 Å². The normalized spacial score (nSPS) is 19.6. The standard InChI is InChI=1S/C18H25N3O2/c19-12-18(8-2-1-3-9-18)11-17(23)20-14-5-6-15-13(10-14)4-7-16(22)21-15/h5-6,10H,1-4,7-9,11-12,19H2,(H,20,23)(H,21,22). The molecule has 0 spiro atoms. The summed E-state index contributed by atoms with van der Waals surface area (Å²) in [7, 11) is 0. The van der Waals surface area contributed by atoms with E-state index < -0.39 is 0 Å². The lowest BCUT2D eigenvalue weighted by Crippen LogP contribution is -2.36. The van der Waals surface area contributed by atoms with Crippen LogP contribution in [0.1, 0.15) is 50.5 Å². The van der Waals surface area contributed by atoms with Crippen LogP contribution in [0.2, 0.25) is 0 Å². The Balaban J connectivity index is 1.65. The van der Waals surface area contributed by atoms with E-state index in [9.17, 15) is 9.59 Å². The lowest BCUT2D eigenvalue weighted by atomic mass is 9.71. The second-order valence-corrected chi connectivity index (χ2v) is 6.91. The fourth-order valence-electron chi connectivity index (χ4n) is 3.76. The Labute approximate surface area is 137 Å². The van der Waals surface area contributed by atoms with Crippen LogP contribution < -0.4 is 16.4 Å². The van der Waals surface area contributed by atoms with E-state index in [1.54, 1.807) is 0 Å². The largest absolute Gasteiger partial charge is 0.330 e. The molecule has 0 unspecified atom stereocenters. The summed E-state index contributed by atoms with van der Waals surface area (Å²) in [5.74, 6) is 0.0913. The third-order valence-corrected chi connectivity index (χ3v) is 5.17. The molecule has 1 fully saturated rings. The number of benzene rings is 1. The summed E-state index contributed by atoms with van der Waals surface area (Å²) in [5.41, 5.74) is 8.67. The van der Waals surface area contributed by atoms with Gasteiger partial charge in [0.1, 0.15) is 0 Å². The molecule has 2 amide bonds. The Morgan fingerprint density at radius 1 is 1.22 bits per heavy atom. The Bertz CT molecular complexity index is 606. The van der Waals surface area contributed by atoms with Gasteiger partial charge in [0, 0.05) is 24.2 Å². The Kier molecular flexibility index (Phi) is 4.66. The van der Waals surface area contributed by atoms with Crippen LogP contribution in [0.25, 0.3) is 0 Å². The lowest BCUT2D eigenvalue weighted by Gasteiger charge is -2.35. The lowest BCUT2D eigenvalue weighted by molar-refractivity contribution is -0.119. The molecule has 1 aromatic carbocycles. The van der Waals surface area contributed by atoms with Gasteiger partial charge in [0.25, 0.3) is 0 Å². The molecule has 1 saturated carbocycles. The second-order valence-electron chi connectivity index (χ2n) is 6.91. The molecular formula is C18H25N3O2. The average molecular weight is 315 g/mol. The number of hydrogen-bond acceptors (Lipinski definition) is 3. The zero-order valence-corrected chi connectivity index (χ0v) is 13.5. The van der Waals surface area contributed by atoms with E-state index in [4.69, 9.17) is 5.73 Å². The van der Waals surface area contributed by atoms with E-state index in [0.29, 0.717) is 19.4 Å². The van der Waals surface area contributed by atoms with Crippen molar-refractivity contribution in [3.05, 3.63) is 23.8 Å². The summed E-state index contributed by atoms with van der Waals surface area (Å²) >= 11 is 0. The van der Waals surface area contributed by atoms with Crippen LogP contribution in [0.15, 0.2) is 18.2 Å². The maximum Gasteiger partial charge on any atom is 0.224 e. The fourth-order valence-corrected chi connectivity index (χ4v) is 3.76. The molecule has 2 aliphatic rings. The van der Waals surface area contributed by atoms with Crippen molar-refractivity contribution in [2.75, 3.05) is 17.2 Å². The number of carbonyl (C=O) groups is 2. The van der Waals surface area contributed by atoms with Crippen molar-refractivity contribution in [3.8, 4) is 0 Å². The van der Waals surface area contributed by atoms with E-state index >= 15 is 0 Å². The predicted octanol–water partition coefficient (Wildman–Crippen LogP) is 2.81. The number of amides is 2. The van der Waals surface area contributed by atoms with Gasteiger partial charge in [-0.15, -0.1) is 0 Å². The third-order valence-electron chi connectivity index (χ3n) is 5.17. The number of fused-ring (bicyclic) bond motifs is 1. The minimum Gasteiger partial charge on any atom is -0.330 e. The van der Waals surface area contributed by atoms with Crippen molar-refractivity contribution in [2.24, 2.45) is 11.1 Å². The molecule has 0 atom stereocenters. The van der Waals surface area contributed by atoms with Crippen molar-refractivity contribution < 1.29 is 9.59 Å². The minimum absolute atomic E-state index is 0.0233. The summed E-state index contributed by atoms with van der Waals surface area (Å²) in [6, 6.07) is 5.67. The van der Waals surface area contributed by atoms with Crippen molar-refractivity contribution in [2.45, 2.75) is 51.4 Å². The minimum atomic E-state index is -0.0233. The number of anilines is 2. The van der Waals surface area contributed by atoms with Crippen molar-refractivity contribution in [1.29, 1.82) is 0 Å². The first-order valence-corrected chi connectivity index (χ1v) is 8.53. The summed E-state index contributed by atoms with van der Waals surface area (Å²) in [6.45, 7) is 0.580. The van der Waals surface area contributed by atoms with Gasteiger partial charge in [-0.3, -0.25) is 9.59 Å². The highest BCUT2D eigenvalue weighted by molar-refractivity contribution is 5.95. The van der Waals surface area contributed by atoms with Gasteiger partial charge < -0.3 is 16.4 Å². The zero-order chi connectivity index (χ0) is 16.3. The first kappa shape index (κ1) is 16.0. The van der Waals surface area contributed by atoms with Gasteiger partial charge in [0.15, 0.2) is 0 Å². The highest BCUT2D eigenvalue weighted by atomic mass is 16.2. The van der Waals surface area contributed by atoms with Gasteiger partial charge in [-0.1, -0.05) is 19.3 Å². The number of aryl methyl sites for hydroxylation is 1. The molecule has 4 N–H and O–H groups in total. The van der Waals surface area contributed by atoms with Gasteiger partial charge in [-0.2, -0.15) is 0 Å². The maximum atomic E-state index is 12.4. The summed E-state index contributed by atoms with van der Waals surface area (Å²) < 4.78 is 0. The third kappa shape index (κ3) is 3.72. The first-order chi connectivity index (χ1) is 11.1. The number of carbonyl (C=O) groups excluding carboxylic acids is 2. The molecule has 1 aliphatic heterocycles. The van der Waals surface area contributed by atoms with Crippen molar-refractivity contribution in [3.63, 3.8) is 0 Å². The molecule has 0 aromatic heterocycles. The van der Waals surface area contributed by atoms with Crippen molar-refractivity contribution in [1.82, 2.24) is 0 Å². The average Bonchev–Trinajstić information content (AvgIpc) is 2.55. The van der Waals surface area contributed by atoms with E-state index in [-0.39, 0.29) is 17.2 Å². The van der Waals surface area contributed by atoms with Crippen molar-refractivity contribution >= 4 is 23.2 Å². The second kappa shape index (κ2) is 6.71. The van der Waals surface area contributed by atoms with Crippen LogP contribution in [0.3, 0.4) is 0 Å². The maximum absolute atomic E-state index is 12.4. The van der Waals surface area contributed by atoms with Gasteiger partial charge in [-0.25, -0.2) is 0 Å². The van der Waals surface area contributed by atoms with Gasteiger partial charge in [-0.05, 0) is 55.0 Å². The number of hydrogen-bond donors (Lipinski definition) is 3. The molecule has 5 heteroatoms. The molecule has 0 saturated heterocycles. The smallest absolute Gasteiger partial charge is 0.224 e. The van der Waals surface area contributed by atoms with Crippen LogP contribution in [-0.4, -0.2) is 18.4 Å². The van der Waals surface area contributed by atoms with Gasteiger partial charge >= 0.3 is 0 Å². The quantitative estimate of drug-likeness (QED) is 0.799. The van der Waals surface area contributed by atoms with Crippen LogP contribution in [0.4, 0.5) is 11.4 Å². The molecule has 5 nitrogen and oxygen atoms in total. The molecule has 124 valence electrons. The molecular weight excluding hydrogens is 290 g/mol. The van der Waals surface area contributed by atoms with E-state index in [0.717, 1.165) is 36.2 Å². The summed E-state index contributed by atoms with van der Waals surface area (Å²) in [6.07, 6.45) is 7.40. The van der Waals surface area contributed by atoms with Gasteiger partial charge in [0.05, 0.1) is 0 Å². The highest BCUT2D eigenvalue weighted by Gasteiger charge is 2.33. The Morgan fingerprint density at radius 3 is 2.74 bits per heavy atom. The molecule has 3 rings (SSSR count). The molecule has 0 bridgehead atoms. The monoisotopic (exact) mass is 315 g/mol. The van der Waals surface area contributed by atoms with Crippen LogP contribution in [0.5, 0.6) is 0 Å². The summed E-state index contributed by atoms with van der Waals surface area (Å²) in [5, 5.41) is 5.86. The first-order valence-electron chi connectivity index (χ1n) is 8.53. The topological polar surface area (TPSA) is 84.2 Å². The molecule has 1 aliphatic carbocycles. The van der Waals surface area contributed by atoms with Crippen LogP contribution >= 0.6 is 0 Å². The summed E-state index contributed by atoms with van der Waals surface area (Å²) in [4.78, 5) is 23.8. The predicted molar refractivity (Wildman–Crippen MR) is 91.2 cm³/mol. The van der Waals surface area contributed by atoms with Gasteiger partial charge in [0.2, 0.25) is 11.8 Å². The number of nitrogens with two attached hydrogens (primary N) is 1. The molecule has 23 heavy (non-hydrogen) atoms. The molecule has 1 aromatic rings. The van der Waals surface area contributed by atoms with Crippen LogP contribution in [0, 0.1) is 5.41 Å². The fraction of sp³-hybridized carbons (Fsp3) is 0.556. The zero-order valence-electron chi connectivity index (χ0n) is 13.5. The Hall–Kier alpha value is -1.88. The Morgan fingerprint density at radius 2 is 2.00 bits per heavy atom. The van der Waals surface area contributed by atoms with E-state index in [2.05, 4.69) is 10.6 Å². The highest BCUT2D eigenvalue weighted by Crippen LogP contribution is 2.38. The number of rotatable bonds is 4. The molecule has 1 heterocycles.